The third kappa shape index (κ3) is 3.56. The molecule has 1 aliphatic rings. The molecular weight excluding hydrogens is 176 g/mol. The molecule has 1 saturated carbocycles. The number of carbonyl (C=O) groups excluding carboxylic acids is 1. The predicted octanol–water partition coefficient (Wildman–Crippen LogP) is 2.13. The lowest BCUT2D eigenvalue weighted by Gasteiger charge is -2.20. The van der Waals surface area contributed by atoms with Crippen LogP contribution in [0.1, 0.15) is 41.0 Å². The number of urea groups is 1. The summed E-state index contributed by atoms with van der Waals surface area (Å²) in [5.74, 6) is 0.660. The summed E-state index contributed by atoms with van der Waals surface area (Å²) in [5.41, 5.74) is 0.290. The van der Waals surface area contributed by atoms with Crippen molar-refractivity contribution in [2.45, 2.75) is 46.6 Å². The third-order valence-electron chi connectivity index (χ3n) is 2.72. The molecular formula is C11H22N2O. The highest BCUT2D eigenvalue weighted by Crippen LogP contribution is 2.50. The average Bonchev–Trinajstić information content (AvgIpc) is 2.51. The van der Waals surface area contributed by atoms with Crippen molar-refractivity contribution in [2.75, 3.05) is 6.54 Å². The fourth-order valence-corrected chi connectivity index (χ4v) is 1.53. The zero-order valence-electron chi connectivity index (χ0n) is 9.90. The molecule has 0 aromatic carbocycles. The van der Waals surface area contributed by atoms with Gasteiger partial charge in [0.05, 0.1) is 0 Å². The van der Waals surface area contributed by atoms with E-state index in [1.54, 1.807) is 0 Å². The van der Waals surface area contributed by atoms with E-state index < -0.39 is 0 Å². The quantitative estimate of drug-likeness (QED) is 0.701. The predicted molar refractivity (Wildman–Crippen MR) is 58.2 cm³/mol. The molecule has 0 bridgehead atoms. The smallest absolute Gasteiger partial charge is 0.315 e. The van der Waals surface area contributed by atoms with Crippen molar-refractivity contribution < 1.29 is 4.79 Å². The van der Waals surface area contributed by atoms with Gasteiger partial charge in [-0.1, -0.05) is 13.8 Å². The van der Waals surface area contributed by atoms with Crippen LogP contribution in [-0.2, 0) is 0 Å². The summed E-state index contributed by atoms with van der Waals surface area (Å²) >= 11 is 0. The molecule has 14 heavy (non-hydrogen) atoms. The van der Waals surface area contributed by atoms with E-state index in [0.717, 1.165) is 6.54 Å². The second-order valence-electron chi connectivity index (χ2n) is 5.97. The van der Waals surface area contributed by atoms with Crippen LogP contribution in [0.2, 0.25) is 0 Å². The van der Waals surface area contributed by atoms with E-state index >= 15 is 0 Å². The lowest BCUT2D eigenvalue weighted by molar-refractivity contribution is 0.231. The van der Waals surface area contributed by atoms with Crippen LogP contribution in [-0.4, -0.2) is 18.1 Å². The second-order valence-corrected chi connectivity index (χ2v) is 5.97. The Morgan fingerprint density at radius 1 is 1.43 bits per heavy atom. The van der Waals surface area contributed by atoms with E-state index in [0.29, 0.717) is 11.3 Å². The van der Waals surface area contributed by atoms with Crippen molar-refractivity contribution >= 4 is 6.03 Å². The van der Waals surface area contributed by atoms with E-state index in [-0.39, 0.29) is 11.6 Å². The number of nitrogens with one attached hydrogen (secondary N) is 2. The molecule has 0 radical (unpaired) electrons. The summed E-state index contributed by atoms with van der Waals surface area (Å²) in [6.45, 7) is 11.2. The summed E-state index contributed by atoms with van der Waals surface area (Å²) in [6.07, 6.45) is 1.22. The number of hydrogen-bond donors (Lipinski definition) is 2. The molecule has 2 amide bonds. The van der Waals surface area contributed by atoms with Crippen LogP contribution in [0, 0.1) is 11.3 Å². The summed E-state index contributed by atoms with van der Waals surface area (Å²) in [4.78, 5) is 11.4. The summed E-state index contributed by atoms with van der Waals surface area (Å²) in [6, 6.07) is -0.0554. The highest BCUT2D eigenvalue weighted by Gasteiger charge is 2.45. The molecule has 0 aromatic heterocycles. The van der Waals surface area contributed by atoms with E-state index in [1.165, 1.54) is 6.42 Å². The number of amides is 2. The van der Waals surface area contributed by atoms with Crippen molar-refractivity contribution in [3.05, 3.63) is 0 Å². The van der Waals surface area contributed by atoms with Gasteiger partial charge in [0.25, 0.3) is 0 Å². The van der Waals surface area contributed by atoms with Crippen LogP contribution >= 0.6 is 0 Å². The molecule has 0 saturated heterocycles. The number of carbonyl (C=O) groups is 1. The highest BCUT2D eigenvalue weighted by atomic mass is 16.2. The molecule has 1 unspecified atom stereocenters. The Balaban J connectivity index is 2.17. The van der Waals surface area contributed by atoms with Crippen molar-refractivity contribution in [1.82, 2.24) is 10.6 Å². The lowest BCUT2D eigenvalue weighted by Crippen LogP contribution is -2.47. The van der Waals surface area contributed by atoms with E-state index in [4.69, 9.17) is 0 Å². The Morgan fingerprint density at radius 2 is 1.93 bits per heavy atom. The van der Waals surface area contributed by atoms with Crippen molar-refractivity contribution in [1.29, 1.82) is 0 Å². The van der Waals surface area contributed by atoms with Gasteiger partial charge in [-0.05, 0) is 38.5 Å². The van der Waals surface area contributed by atoms with Gasteiger partial charge in [-0.2, -0.15) is 0 Å². The molecule has 1 rings (SSSR count). The summed E-state index contributed by atoms with van der Waals surface area (Å²) in [7, 11) is 0. The maximum atomic E-state index is 11.4. The van der Waals surface area contributed by atoms with Gasteiger partial charge in [-0.15, -0.1) is 0 Å². The SMILES string of the molecule is CC(C)(C)NC(=O)NCC1CC1(C)C. The topological polar surface area (TPSA) is 41.1 Å². The van der Waals surface area contributed by atoms with Crippen molar-refractivity contribution in [3.8, 4) is 0 Å². The summed E-state index contributed by atoms with van der Waals surface area (Å²) < 4.78 is 0. The Bertz CT molecular complexity index is 228. The van der Waals surface area contributed by atoms with E-state index in [2.05, 4.69) is 24.5 Å². The van der Waals surface area contributed by atoms with Crippen LogP contribution in [0.15, 0.2) is 0 Å². The Morgan fingerprint density at radius 3 is 2.29 bits per heavy atom. The van der Waals surface area contributed by atoms with Crippen molar-refractivity contribution in [3.63, 3.8) is 0 Å². The molecule has 0 aromatic rings. The van der Waals surface area contributed by atoms with Gasteiger partial charge in [0.15, 0.2) is 0 Å². The monoisotopic (exact) mass is 198 g/mol. The minimum Gasteiger partial charge on any atom is -0.338 e. The van der Waals surface area contributed by atoms with Gasteiger partial charge in [0, 0.05) is 12.1 Å². The summed E-state index contributed by atoms with van der Waals surface area (Å²) in [5, 5.41) is 5.79. The first kappa shape index (κ1) is 11.3. The fourth-order valence-electron chi connectivity index (χ4n) is 1.53. The Kier molecular flexibility index (Phi) is 2.79. The zero-order valence-corrected chi connectivity index (χ0v) is 9.90. The van der Waals surface area contributed by atoms with Crippen LogP contribution in [0.3, 0.4) is 0 Å². The molecule has 1 fully saturated rings. The first-order chi connectivity index (χ1) is 6.21. The minimum absolute atomic E-state index is 0.0554. The molecule has 3 heteroatoms. The van der Waals surface area contributed by atoms with Gasteiger partial charge in [-0.3, -0.25) is 0 Å². The molecule has 0 spiro atoms. The lowest BCUT2D eigenvalue weighted by atomic mass is 10.1. The molecule has 1 atom stereocenters. The van der Waals surface area contributed by atoms with Crippen LogP contribution in [0.5, 0.6) is 0 Å². The second kappa shape index (κ2) is 3.44. The zero-order chi connectivity index (χ0) is 11.0. The number of hydrogen-bond acceptors (Lipinski definition) is 1. The van der Waals surface area contributed by atoms with E-state index in [1.807, 2.05) is 20.8 Å². The minimum atomic E-state index is -0.150. The fraction of sp³-hybridized carbons (Fsp3) is 0.909. The molecule has 82 valence electrons. The largest absolute Gasteiger partial charge is 0.338 e. The number of rotatable bonds is 2. The van der Waals surface area contributed by atoms with Crippen LogP contribution in [0.25, 0.3) is 0 Å². The highest BCUT2D eigenvalue weighted by molar-refractivity contribution is 5.74. The van der Waals surface area contributed by atoms with Gasteiger partial charge < -0.3 is 10.6 Å². The Labute approximate surface area is 86.6 Å². The third-order valence-corrected chi connectivity index (χ3v) is 2.72. The molecule has 3 nitrogen and oxygen atoms in total. The normalized spacial score (nSPS) is 24.2. The van der Waals surface area contributed by atoms with Crippen molar-refractivity contribution in [2.24, 2.45) is 11.3 Å². The molecule has 0 aliphatic heterocycles. The molecule has 0 heterocycles. The maximum Gasteiger partial charge on any atom is 0.315 e. The van der Waals surface area contributed by atoms with E-state index in [9.17, 15) is 4.79 Å². The maximum absolute atomic E-state index is 11.4. The first-order valence-electron chi connectivity index (χ1n) is 5.27. The molecule has 2 N–H and O–H groups in total. The van der Waals surface area contributed by atoms with Gasteiger partial charge in [0.2, 0.25) is 0 Å². The van der Waals surface area contributed by atoms with Crippen LogP contribution < -0.4 is 10.6 Å². The standard InChI is InChI=1S/C11H22N2O/c1-10(2,3)13-9(14)12-7-8-6-11(8,4)5/h8H,6-7H2,1-5H3,(H2,12,13,14). The van der Waals surface area contributed by atoms with Gasteiger partial charge in [0.1, 0.15) is 0 Å². The van der Waals surface area contributed by atoms with Gasteiger partial charge >= 0.3 is 6.03 Å². The van der Waals surface area contributed by atoms with Crippen LogP contribution in [0.4, 0.5) is 4.79 Å². The molecule has 1 aliphatic carbocycles. The first-order valence-corrected chi connectivity index (χ1v) is 5.27. The van der Waals surface area contributed by atoms with Gasteiger partial charge in [-0.25, -0.2) is 4.79 Å². The Hall–Kier alpha value is -0.730. The average molecular weight is 198 g/mol.